The highest BCUT2D eigenvalue weighted by molar-refractivity contribution is 5.79. The van der Waals surface area contributed by atoms with Gasteiger partial charge in [0.15, 0.2) is 0 Å². The van der Waals surface area contributed by atoms with Crippen LogP contribution in [0.25, 0.3) is 10.9 Å². The average Bonchev–Trinajstić information content (AvgIpc) is 3.00. The Morgan fingerprint density at radius 2 is 2.29 bits per heavy atom. The number of pyridine rings is 1. The van der Waals surface area contributed by atoms with E-state index in [9.17, 15) is 4.79 Å². The van der Waals surface area contributed by atoms with E-state index < -0.39 is 0 Å². The molecule has 0 radical (unpaired) electrons. The van der Waals surface area contributed by atoms with Crippen molar-refractivity contribution >= 4 is 10.9 Å². The zero-order valence-electron chi connectivity index (χ0n) is 12.4. The highest BCUT2D eigenvalue weighted by Crippen LogP contribution is 2.14. The number of hydrogen-bond donors (Lipinski definition) is 2. The summed E-state index contributed by atoms with van der Waals surface area (Å²) >= 11 is 0. The van der Waals surface area contributed by atoms with E-state index in [2.05, 4.69) is 29.4 Å². The minimum Gasteiger partial charge on any atom is -0.377 e. The third-order valence-corrected chi connectivity index (χ3v) is 4.11. The summed E-state index contributed by atoms with van der Waals surface area (Å²) in [6.45, 7) is 4.40. The molecule has 2 aromatic rings. The standard InChI is InChI=1S/C17H22N2O2/c1-2-12-5-6-16-13(8-12)9-14(17(20)19-16)10-18-11-15-4-3-7-21-15/h5-6,8-9,15,18H,2-4,7,10-11H2,1H3,(H,19,20). The zero-order chi connectivity index (χ0) is 14.7. The summed E-state index contributed by atoms with van der Waals surface area (Å²) in [5.74, 6) is 0. The van der Waals surface area contributed by atoms with E-state index in [-0.39, 0.29) is 5.56 Å². The first-order valence-electron chi connectivity index (χ1n) is 7.73. The highest BCUT2D eigenvalue weighted by atomic mass is 16.5. The molecule has 1 atom stereocenters. The molecule has 2 N–H and O–H groups in total. The van der Waals surface area contributed by atoms with Gasteiger partial charge < -0.3 is 15.0 Å². The Hall–Kier alpha value is -1.65. The van der Waals surface area contributed by atoms with Crippen LogP contribution < -0.4 is 10.9 Å². The molecule has 1 fully saturated rings. The smallest absolute Gasteiger partial charge is 0.252 e. The summed E-state index contributed by atoms with van der Waals surface area (Å²) in [7, 11) is 0. The molecule has 1 aliphatic rings. The Balaban J connectivity index is 1.74. The Morgan fingerprint density at radius 1 is 1.38 bits per heavy atom. The van der Waals surface area contributed by atoms with Crippen LogP contribution in [0.1, 0.15) is 30.9 Å². The van der Waals surface area contributed by atoms with E-state index in [4.69, 9.17) is 4.74 Å². The Bertz CT molecular complexity index is 672. The molecule has 1 saturated heterocycles. The average molecular weight is 286 g/mol. The molecule has 1 aromatic carbocycles. The Kier molecular flexibility index (Phi) is 4.36. The fourth-order valence-electron chi connectivity index (χ4n) is 2.83. The van der Waals surface area contributed by atoms with Crippen LogP contribution in [0, 0.1) is 0 Å². The molecule has 21 heavy (non-hydrogen) atoms. The van der Waals surface area contributed by atoms with Crippen LogP contribution >= 0.6 is 0 Å². The van der Waals surface area contributed by atoms with Gasteiger partial charge in [-0.15, -0.1) is 0 Å². The summed E-state index contributed by atoms with van der Waals surface area (Å²) in [4.78, 5) is 15.0. The largest absolute Gasteiger partial charge is 0.377 e. The van der Waals surface area contributed by atoms with E-state index in [1.807, 2.05) is 12.1 Å². The Morgan fingerprint density at radius 3 is 3.05 bits per heavy atom. The number of aromatic nitrogens is 1. The van der Waals surface area contributed by atoms with Gasteiger partial charge in [0.2, 0.25) is 0 Å². The van der Waals surface area contributed by atoms with Gasteiger partial charge in [-0.1, -0.05) is 13.0 Å². The van der Waals surface area contributed by atoms with Crippen LogP contribution in [0.3, 0.4) is 0 Å². The first-order valence-corrected chi connectivity index (χ1v) is 7.73. The molecule has 0 saturated carbocycles. The van der Waals surface area contributed by atoms with Gasteiger partial charge in [0, 0.05) is 30.8 Å². The fourth-order valence-corrected chi connectivity index (χ4v) is 2.83. The first-order chi connectivity index (χ1) is 10.3. The van der Waals surface area contributed by atoms with Crippen molar-refractivity contribution in [1.82, 2.24) is 10.3 Å². The maximum absolute atomic E-state index is 12.1. The maximum atomic E-state index is 12.1. The van der Waals surface area contributed by atoms with E-state index >= 15 is 0 Å². The monoisotopic (exact) mass is 286 g/mol. The van der Waals surface area contributed by atoms with Crippen LogP contribution in [0.15, 0.2) is 29.1 Å². The molecule has 0 amide bonds. The molecule has 4 heteroatoms. The summed E-state index contributed by atoms with van der Waals surface area (Å²) in [5.41, 5.74) is 2.97. The number of aromatic amines is 1. The van der Waals surface area contributed by atoms with Crippen molar-refractivity contribution in [2.75, 3.05) is 13.2 Å². The van der Waals surface area contributed by atoms with Gasteiger partial charge in [0.05, 0.1) is 6.10 Å². The summed E-state index contributed by atoms with van der Waals surface area (Å²) in [5, 5.41) is 4.43. The number of fused-ring (bicyclic) bond motifs is 1. The van der Waals surface area contributed by atoms with Gasteiger partial charge in [0.1, 0.15) is 0 Å². The summed E-state index contributed by atoms with van der Waals surface area (Å²) < 4.78 is 5.57. The minimum atomic E-state index is -0.00779. The predicted molar refractivity (Wildman–Crippen MR) is 84.6 cm³/mol. The zero-order valence-corrected chi connectivity index (χ0v) is 12.4. The van der Waals surface area contributed by atoms with Gasteiger partial charge in [-0.2, -0.15) is 0 Å². The fraction of sp³-hybridized carbons (Fsp3) is 0.471. The van der Waals surface area contributed by atoms with E-state index in [0.717, 1.165) is 48.9 Å². The molecular formula is C17H22N2O2. The van der Waals surface area contributed by atoms with Gasteiger partial charge in [-0.05, 0) is 48.4 Å². The lowest BCUT2D eigenvalue weighted by Gasteiger charge is -2.11. The second kappa shape index (κ2) is 6.41. The second-order valence-corrected chi connectivity index (χ2v) is 5.66. The molecule has 4 nitrogen and oxygen atoms in total. The van der Waals surface area contributed by atoms with Crippen molar-refractivity contribution in [3.8, 4) is 0 Å². The third-order valence-electron chi connectivity index (χ3n) is 4.11. The molecule has 3 rings (SSSR count). The van der Waals surface area contributed by atoms with E-state index in [0.29, 0.717) is 12.6 Å². The molecule has 0 aliphatic carbocycles. The quantitative estimate of drug-likeness (QED) is 0.887. The number of nitrogens with one attached hydrogen (secondary N) is 2. The lowest BCUT2D eigenvalue weighted by atomic mass is 10.1. The van der Waals surface area contributed by atoms with Gasteiger partial charge in [-0.3, -0.25) is 4.79 Å². The van der Waals surface area contributed by atoms with Crippen LogP contribution in [-0.2, 0) is 17.7 Å². The van der Waals surface area contributed by atoms with Crippen LogP contribution in [0.2, 0.25) is 0 Å². The third kappa shape index (κ3) is 3.34. The van der Waals surface area contributed by atoms with Crippen LogP contribution in [0.4, 0.5) is 0 Å². The number of aryl methyl sites for hydroxylation is 1. The minimum absolute atomic E-state index is 0.00779. The molecule has 1 aliphatic heterocycles. The molecule has 1 unspecified atom stereocenters. The van der Waals surface area contributed by atoms with Crippen molar-refractivity contribution in [3.05, 3.63) is 45.7 Å². The SMILES string of the molecule is CCc1ccc2[nH]c(=O)c(CNCC3CCCO3)cc2c1. The molecule has 0 bridgehead atoms. The molecule has 0 spiro atoms. The highest BCUT2D eigenvalue weighted by Gasteiger charge is 2.14. The first kappa shape index (κ1) is 14.3. The number of H-pyrrole nitrogens is 1. The van der Waals surface area contributed by atoms with Gasteiger partial charge in [0.25, 0.3) is 5.56 Å². The van der Waals surface area contributed by atoms with E-state index in [1.54, 1.807) is 0 Å². The van der Waals surface area contributed by atoms with Gasteiger partial charge >= 0.3 is 0 Å². The van der Waals surface area contributed by atoms with Crippen LogP contribution in [-0.4, -0.2) is 24.2 Å². The number of hydrogen-bond acceptors (Lipinski definition) is 3. The number of rotatable bonds is 5. The molecular weight excluding hydrogens is 264 g/mol. The van der Waals surface area contributed by atoms with Crippen molar-refractivity contribution in [2.24, 2.45) is 0 Å². The lowest BCUT2D eigenvalue weighted by molar-refractivity contribution is 0.110. The van der Waals surface area contributed by atoms with Crippen molar-refractivity contribution in [2.45, 2.75) is 38.8 Å². The number of benzene rings is 1. The molecule has 112 valence electrons. The van der Waals surface area contributed by atoms with E-state index in [1.165, 1.54) is 5.56 Å². The normalized spacial score (nSPS) is 18.4. The number of ether oxygens (including phenoxy) is 1. The van der Waals surface area contributed by atoms with Crippen molar-refractivity contribution < 1.29 is 4.74 Å². The summed E-state index contributed by atoms with van der Waals surface area (Å²) in [6.07, 6.45) is 3.56. The molecule has 2 heterocycles. The molecule has 1 aromatic heterocycles. The topological polar surface area (TPSA) is 54.1 Å². The van der Waals surface area contributed by atoms with Crippen molar-refractivity contribution in [1.29, 1.82) is 0 Å². The maximum Gasteiger partial charge on any atom is 0.252 e. The van der Waals surface area contributed by atoms with Gasteiger partial charge in [-0.25, -0.2) is 0 Å². The van der Waals surface area contributed by atoms with Crippen LogP contribution in [0.5, 0.6) is 0 Å². The predicted octanol–water partition coefficient (Wildman–Crippen LogP) is 2.36. The summed E-state index contributed by atoms with van der Waals surface area (Å²) in [6, 6.07) is 8.19. The Labute approximate surface area is 124 Å². The second-order valence-electron chi connectivity index (χ2n) is 5.66. The lowest BCUT2D eigenvalue weighted by Crippen LogP contribution is -2.28. The van der Waals surface area contributed by atoms with Crippen molar-refractivity contribution in [3.63, 3.8) is 0 Å².